The van der Waals surface area contributed by atoms with Crippen LogP contribution in [0.25, 0.3) is 0 Å². The molecule has 1 aliphatic heterocycles. The average Bonchev–Trinajstić information content (AvgIpc) is 3.42. The van der Waals surface area contributed by atoms with Gasteiger partial charge in [-0.3, -0.25) is 4.90 Å². The average molecular weight is 646 g/mol. The molecule has 0 saturated carbocycles. The van der Waals surface area contributed by atoms with E-state index in [1.807, 2.05) is 55.5 Å². The lowest BCUT2D eigenvalue weighted by molar-refractivity contribution is 0.00948. The van der Waals surface area contributed by atoms with E-state index in [0.29, 0.717) is 0 Å². The number of amides is 1. The van der Waals surface area contributed by atoms with E-state index in [0.717, 1.165) is 5.56 Å². The molecular weight excluding hydrogens is 595 g/mol. The third kappa shape index (κ3) is 7.80. The van der Waals surface area contributed by atoms with Crippen molar-refractivity contribution in [1.29, 1.82) is 0 Å². The van der Waals surface area contributed by atoms with Gasteiger partial charge in [0.25, 0.3) is 0 Å². The Morgan fingerprint density at radius 2 is 1.38 bits per heavy atom. The van der Waals surface area contributed by atoms with Gasteiger partial charge < -0.3 is 18.3 Å². The fraction of sp³-hybridized carbons (Fsp3) is 0.432. The zero-order valence-corrected chi connectivity index (χ0v) is 30.4. The number of rotatable bonds is 10. The molecule has 242 valence electrons. The second-order valence-electron chi connectivity index (χ2n) is 14.5. The summed E-state index contributed by atoms with van der Waals surface area (Å²) in [5.41, 5.74) is 0.930. The van der Waals surface area contributed by atoms with Crippen molar-refractivity contribution in [2.24, 2.45) is 0 Å². The first-order chi connectivity index (χ1) is 21.2. The number of nitrogens with zero attached hydrogens (tertiary/aromatic N) is 1. The van der Waals surface area contributed by atoms with Gasteiger partial charge in [0.2, 0.25) is 0 Å². The molecule has 0 spiro atoms. The van der Waals surface area contributed by atoms with Crippen LogP contribution in [0.2, 0.25) is 23.2 Å². The van der Waals surface area contributed by atoms with Crippen LogP contribution in [-0.4, -0.2) is 52.6 Å². The van der Waals surface area contributed by atoms with Gasteiger partial charge >= 0.3 is 14.4 Å². The molecule has 1 fully saturated rings. The van der Waals surface area contributed by atoms with Crippen LogP contribution in [-0.2, 0) is 24.9 Å². The van der Waals surface area contributed by atoms with E-state index in [-0.39, 0.29) is 35.6 Å². The summed E-state index contributed by atoms with van der Waals surface area (Å²) in [6, 6.07) is 30.3. The minimum Gasteiger partial charge on any atom is -0.540 e. The summed E-state index contributed by atoms with van der Waals surface area (Å²) in [5, 5.41) is 2.20. The van der Waals surface area contributed by atoms with Gasteiger partial charge in [0, 0.05) is 0 Å². The first-order valence-corrected chi connectivity index (χ1v) is 20.7. The minimum atomic E-state index is -2.83. The van der Waals surface area contributed by atoms with E-state index >= 15 is 0 Å². The summed E-state index contributed by atoms with van der Waals surface area (Å²) in [4.78, 5) is 15.2. The van der Waals surface area contributed by atoms with Gasteiger partial charge in [-0.15, -0.1) is 0 Å². The predicted molar refractivity (Wildman–Crippen MR) is 188 cm³/mol. The fourth-order valence-corrected chi connectivity index (χ4v) is 11.5. The topological polar surface area (TPSA) is 57.2 Å². The van der Waals surface area contributed by atoms with Gasteiger partial charge in [-0.05, 0) is 52.1 Å². The molecule has 4 rings (SSSR count). The van der Waals surface area contributed by atoms with E-state index in [1.54, 1.807) is 11.2 Å². The van der Waals surface area contributed by atoms with E-state index in [2.05, 4.69) is 103 Å². The predicted octanol–water partition coefficient (Wildman–Crippen LogP) is 7.85. The molecule has 1 aliphatic rings. The van der Waals surface area contributed by atoms with Gasteiger partial charge in [0.15, 0.2) is 8.32 Å². The third-order valence-corrected chi connectivity index (χ3v) is 18.7. The summed E-state index contributed by atoms with van der Waals surface area (Å²) < 4.78 is 25.9. The summed E-state index contributed by atoms with van der Waals surface area (Å²) in [6.45, 7) is 20.2. The molecule has 0 aromatic heterocycles. The van der Waals surface area contributed by atoms with Gasteiger partial charge in [-0.1, -0.05) is 133 Å². The second kappa shape index (κ2) is 14.1. The first-order valence-electron chi connectivity index (χ1n) is 15.9. The zero-order chi connectivity index (χ0) is 32.9. The normalized spacial score (nSPS) is 18.6. The van der Waals surface area contributed by atoms with E-state index in [1.165, 1.54) is 10.4 Å². The van der Waals surface area contributed by atoms with Gasteiger partial charge in [0.05, 0.1) is 18.4 Å². The number of ether oxygens (including phenoxy) is 2. The Kier molecular flexibility index (Phi) is 10.9. The number of hydrogen-bond acceptors (Lipinski definition) is 5. The number of carbonyl (C=O) groups is 1. The molecule has 0 N–H and O–H groups in total. The second-order valence-corrected chi connectivity index (χ2v) is 23.5. The molecular formula is C37H51NO5Si2. The molecule has 8 heteroatoms. The van der Waals surface area contributed by atoms with Crippen molar-refractivity contribution >= 4 is 33.1 Å². The highest BCUT2D eigenvalue weighted by molar-refractivity contribution is 6.99. The van der Waals surface area contributed by atoms with Crippen LogP contribution >= 0.6 is 0 Å². The van der Waals surface area contributed by atoms with E-state index < -0.39 is 28.8 Å². The standard InChI is InChI=1S/C37H51NO5Si2/c1-29(43-44(8,9)36(2,3)4)34-33(38(28-41-34)35(39)40-27-30-19-13-10-14-20-30)25-26-42-45(37(5,6)7,31-21-15-11-16-22-31)32-23-17-12-18-24-32/h10-26,29,33-34H,27-28H2,1-9H3/b26-25+/t29-,33-,34-/m0/s1. The van der Waals surface area contributed by atoms with Crippen molar-refractivity contribution < 1.29 is 23.1 Å². The Bertz CT molecular complexity index is 1360. The minimum absolute atomic E-state index is 0.0336. The van der Waals surface area contributed by atoms with Gasteiger partial charge in [0.1, 0.15) is 19.4 Å². The molecule has 3 atom stereocenters. The summed E-state index contributed by atoms with van der Waals surface area (Å²) in [7, 11) is -4.94. The van der Waals surface area contributed by atoms with Crippen LogP contribution in [0.3, 0.4) is 0 Å². The number of carbonyl (C=O) groups excluding carboxylic acids is 1. The molecule has 0 aliphatic carbocycles. The molecule has 3 aromatic carbocycles. The summed E-state index contributed by atoms with van der Waals surface area (Å²) in [5.74, 6) is 0. The smallest absolute Gasteiger partial charge is 0.412 e. The molecule has 6 nitrogen and oxygen atoms in total. The Morgan fingerprint density at radius 1 is 0.867 bits per heavy atom. The highest BCUT2D eigenvalue weighted by Crippen LogP contribution is 2.39. The molecule has 45 heavy (non-hydrogen) atoms. The van der Waals surface area contributed by atoms with Crippen LogP contribution < -0.4 is 10.4 Å². The monoisotopic (exact) mass is 645 g/mol. The third-order valence-electron chi connectivity index (χ3n) is 9.23. The van der Waals surface area contributed by atoms with Crippen LogP contribution in [0.15, 0.2) is 103 Å². The van der Waals surface area contributed by atoms with E-state index in [9.17, 15) is 4.79 Å². The molecule has 0 bridgehead atoms. The number of hydrogen-bond donors (Lipinski definition) is 0. The van der Waals surface area contributed by atoms with Crippen molar-refractivity contribution in [2.45, 2.75) is 96.5 Å². The molecule has 1 saturated heterocycles. The van der Waals surface area contributed by atoms with Crippen molar-refractivity contribution in [2.75, 3.05) is 6.73 Å². The van der Waals surface area contributed by atoms with Crippen LogP contribution in [0, 0.1) is 0 Å². The maximum absolute atomic E-state index is 13.5. The van der Waals surface area contributed by atoms with Crippen molar-refractivity contribution in [3.63, 3.8) is 0 Å². The maximum Gasteiger partial charge on any atom is 0.412 e. The Morgan fingerprint density at radius 3 is 1.87 bits per heavy atom. The van der Waals surface area contributed by atoms with Crippen LogP contribution in [0.1, 0.15) is 54.0 Å². The van der Waals surface area contributed by atoms with E-state index in [4.69, 9.17) is 18.3 Å². The zero-order valence-electron chi connectivity index (χ0n) is 28.4. The highest BCUT2D eigenvalue weighted by atomic mass is 28.4. The lowest BCUT2D eigenvalue weighted by Gasteiger charge is -2.42. The number of benzene rings is 3. The van der Waals surface area contributed by atoms with Gasteiger partial charge in [-0.2, -0.15) is 0 Å². The molecule has 1 amide bonds. The van der Waals surface area contributed by atoms with Crippen LogP contribution in [0.4, 0.5) is 4.79 Å². The lowest BCUT2D eigenvalue weighted by atomic mass is 10.1. The quantitative estimate of drug-likeness (QED) is 0.166. The molecule has 3 aromatic rings. The fourth-order valence-electron chi connectivity index (χ4n) is 5.75. The van der Waals surface area contributed by atoms with Crippen molar-refractivity contribution in [1.82, 2.24) is 4.90 Å². The Hall–Kier alpha value is -3.18. The molecule has 1 heterocycles. The van der Waals surface area contributed by atoms with Crippen LogP contribution in [0.5, 0.6) is 0 Å². The summed E-state index contributed by atoms with van der Waals surface area (Å²) >= 11 is 0. The largest absolute Gasteiger partial charge is 0.540 e. The molecule has 0 unspecified atom stereocenters. The Balaban J connectivity index is 1.68. The summed E-state index contributed by atoms with van der Waals surface area (Å²) in [6.07, 6.45) is 2.70. The Labute approximate surface area is 272 Å². The highest BCUT2D eigenvalue weighted by Gasteiger charge is 2.52. The molecule has 0 radical (unpaired) electrons. The van der Waals surface area contributed by atoms with Crippen molar-refractivity contribution in [3.05, 3.63) is 109 Å². The maximum atomic E-state index is 13.5. The SMILES string of the molecule is C[C@H](O[Si](C)(C)C(C)(C)C)[C@@H]1OCN(C(=O)OCc2ccccc2)[C@H]1/C=C/O[Si](c1ccccc1)(c1ccccc1)C(C)(C)C. The lowest BCUT2D eigenvalue weighted by Crippen LogP contribution is -2.65. The first kappa shape index (κ1) is 34.7. The van der Waals surface area contributed by atoms with Crippen molar-refractivity contribution in [3.8, 4) is 0 Å². The van der Waals surface area contributed by atoms with Gasteiger partial charge in [-0.25, -0.2) is 4.79 Å².